The highest BCUT2D eigenvalue weighted by molar-refractivity contribution is 7.17. The van der Waals surface area contributed by atoms with Gasteiger partial charge in [-0.15, -0.1) is 11.3 Å². The average molecular weight is 438 g/mol. The third kappa shape index (κ3) is 3.64. The standard InChI is InChI=1S/C23H17ClFN3OS/c24-15-3-5-19-21(14-30-23(19)12-15)28(17-7-9-26-10-8-17)11-1-2-20-18-6-4-16(25)13-22(18)29-27-20/h3-10,12-14H,1-2,11H2. The Kier molecular flexibility index (Phi) is 5.11. The monoisotopic (exact) mass is 437 g/mol. The number of aromatic nitrogens is 2. The van der Waals surface area contributed by atoms with Crippen molar-refractivity contribution < 1.29 is 8.91 Å². The number of hydrogen-bond donors (Lipinski definition) is 0. The molecular formula is C23H17ClFN3OS. The second kappa shape index (κ2) is 8.05. The summed E-state index contributed by atoms with van der Waals surface area (Å²) in [6.07, 6.45) is 5.18. The van der Waals surface area contributed by atoms with E-state index in [0.717, 1.165) is 51.6 Å². The number of hydrogen-bond acceptors (Lipinski definition) is 5. The third-order valence-electron chi connectivity index (χ3n) is 5.09. The van der Waals surface area contributed by atoms with E-state index in [-0.39, 0.29) is 5.82 Å². The molecule has 0 aliphatic carbocycles. The lowest BCUT2D eigenvalue weighted by Crippen LogP contribution is -2.18. The van der Waals surface area contributed by atoms with Crippen LogP contribution in [-0.2, 0) is 6.42 Å². The van der Waals surface area contributed by atoms with Crippen LogP contribution in [0, 0.1) is 5.82 Å². The number of thiophene rings is 1. The zero-order valence-corrected chi connectivity index (χ0v) is 17.5. The lowest BCUT2D eigenvalue weighted by molar-refractivity contribution is 0.443. The summed E-state index contributed by atoms with van der Waals surface area (Å²) in [6, 6.07) is 14.5. The number of aryl methyl sites for hydroxylation is 1. The largest absolute Gasteiger partial charge is 0.356 e. The quantitative estimate of drug-likeness (QED) is 0.287. The van der Waals surface area contributed by atoms with Crippen molar-refractivity contribution in [1.82, 2.24) is 10.1 Å². The maximum atomic E-state index is 13.4. The number of fused-ring (bicyclic) bond motifs is 2. The summed E-state index contributed by atoms with van der Waals surface area (Å²) < 4.78 is 19.8. The van der Waals surface area contributed by atoms with E-state index in [0.29, 0.717) is 5.58 Å². The molecule has 3 aromatic heterocycles. The summed E-state index contributed by atoms with van der Waals surface area (Å²) in [4.78, 5) is 6.44. The van der Waals surface area contributed by atoms with Crippen LogP contribution in [0.15, 0.2) is 70.8 Å². The summed E-state index contributed by atoms with van der Waals surface area (Å²) in [7, 11) is 0. The van der Waals surface area contributed by atoms with Crippen molar-refractivity contribution in [1.29, 1.82) is 0 Å². The summed E-state index contributed by atoms with van der Waals surface area (Å²) >= 11 is 7.85. The van der Waals surface area contributed by atoms with Gasteiger partial charge in [-0.1, -0.05) is 16.8 Å². The van der Waals surface area contributed by atoms with Crippen LogP contribution in [-0.4, -0.2) is 16.7 Å². The van der Waals surface area contributed by atoms with Gasteiger partial charge in [0.1, 0.15) is 5.82 Å². The normalized spacial score (nSPS) is 11.4. The molecule has 0 unspecified atom stereocenters. The van der Waals surface area contributed by atoms with Gasteiger partial charge < -0.3 is 9.42 Å². The number of nitrogens with zero attached hydrogens (tertiary/aromatic N) is 3. The molecule has 2 aromatic carbocycles. The van der Waals surface area contributed by atoms with Crippen molar-refractivity contribution in [2.75, 3.05) is 11.4 Å². The van der Waals surface area contributed by atoms with Gasteiger partial charge in [0.15, 0.2) is 5.58 Å². The van der Waals surface area contributed by atoms with Crippen molar-refractivity contribution in [3.05, 3.63) is 82.8 Å². The molecule has 0 aliphatic heterocycles. The van der Waals surface area contributed by atoms with Gasteiger partial charge in [0.2, 0.25) is 0 Å². The molecular weight excluding hydrogens is 421 g/mol. The molecule has 3 heterocycles. The van der Waals surface area contributed by atoms with Crippen LogP contribution < -0.4 is 4.90 Å². The Balaban J connectivity index is 1.42. The molecule has 0 spiro atoms. The van der Waals surface area contributed by atoms with Crippen molar-refractivity contribution in [2.24, 2.45) is 0 Å². The van der Waals surface area contributed by atoms with Crippen LogP contribution in [0.1, 0.15) is 12.1 Å². The van der Waals surface area contributed by atoms with Crippen LogP contribution in [0.25, 0.3) is 21.1 Å². The average Bonchev–Trinajstić information content (AvgIpc) is 3.35. The van der Waals surface area contributed by atoms with Gasteiger partial charge in [0, 0.05) is 56.6 Å². The predicted molar refractivity (Wildman–Crippen MR) is 120 cm³/mol. The lowest BCUT2D eigenvalue weighted by Gasteiger charge is -2.24. The van der Waals surface area contributed by atoms with E-state index in [2.05, 4.69) is 26.5 Å². The molecule has 30 heavy (non-hydrogen) atoms. The Bertz CT molecular complexity index is 1320. The molecule has 0 saturated carbocycles. The Hall–Kier alpha value is -2.96. The SMILES string of the molecule is Fc1ccc2c(CCCN(c3ccncc3)c3csc4cc(Cl)ccc34)noc2c1. The Labute approximate surface area is 181 Å². The lowest BCUT2D eigenvalue weighted by atomic mass is 10.1. The minimum absolute atomic E-state index is 0.321. The molecule has 0 atom stereocenters. The first-order chi connectivity index (χ1) is 14.7. The summed E-state index contributed by atoms with van der Waals surface area (Å²) in [5.74, 6) is -0.321. The second-order valence-electron chi connectivity index (χ2n) is 6.99. The van der Waals surface area contributed by atoms with Crippen molar-refractivity contribution in [2.45, 2.75) is 12.8 Å². The van der Waals surface area contributed by atoms with Crippen LogP contribution in [0.4, 0.5) is 15.8 Å². The molecule has 5 rings (SSSR count). The third-order valence-corrected chi connectivity index (χ3v) is 6.25. The van der Waals surface area contributed by atoms with Gasteiger partial charge in [-0.2, -0.15) is 0 Å². The van der Waals surface area contributed by atoms with E-state index in [1.165, 1.54) is 17.5 Å². The molecule has 4 nitrogen and oxygen atoms in total. The first-order valence-electron chi connectivity index (χ1n) is 9.57. The van der Waals surface area contributed by atoms with E-state index in [9.17, 15) is 4.39 Å². The number of rotatable bonds is 6. The number of halogens is 2. The minimum atomic E-state index is -0.321. The van der Waals surface area contributed by atoms with Crippen molar-refractivity contribution in [3.8, 4) is 0 Å². The molecule has 5 aromatic rings. The van der Waals surface area contributed by atoms with Gasteiger partial charge in [0.05, 0.1) is 11.4 Å². The van der Waals surface area contributed by atoms with Gasteiger partial charge >= 0.3 is 0 Å². The fraction of sp³-hybridized carbons (Fsp3) is 0.130. The number of pyridine rings is 1. The molecule has 0 fully saturated rings. The van der Waals surface area contributed by atoms with Gasteiger partial charge in [-0.05, 0) is 55.3 Å². The molecule has 0 radical (unpaired) electrons. The first-order valence-corrected chi connectivity index (χ1v) is 10.8. The van der Waals surface area contributed by atoms with Crippen molar-refractivity contribution >= 4 is 55.4 Å². The van der Waals surface area contributed by atoms with Crippen molar-refractivity contribution in [3.63, 3.8) is 0 Å². The van der Waals surface area contributed by atoms with E-state index in [1.54, 1.807) is 29.8 Å². The highest BCUT2D eigenvalue weighted by atomic mass is 35.5. The van der Waals surface area contributed by atoms with Gasteiger partial charge in [0.25, 0.3) is 0 Å². The highest BCUT2D eigenvalue weighted by Gasteiger charge is 2.16. The zero-order valence-electron chi connectivity index (χ0n) is 15.9. The highest BCUT2D eigenvalue weighted by Crippen LogP contribution is 2.38. The molecule has 150 valence electrons. The Morgan fingerprint density at radius 3 is 2.73 bits per heavy atom. The minimum Gasteiger partial charge on any atom is -0.356 e. The maximum Gasteiger partial charge on any atom is 0.170 e. The van der Waals surface area contributed by atoms with E-state index in [4.69, 9.17) is 16.1 Å². The molecule has 0 bridgehead atoms. The van der Waals surface area contributed by atoms with Crippen LogP contribution in [0.2, 0.25) is 5.02 Å². The fourth-order valence-electron chi connectivity index (χ4n) is 3.66. The van der Waals surface area contributed by atoms with Gasteiger partial charge in [-0.25, -0.2) is 4.39 Å². The molecule has 0 aliphatic rings. The predicted octanol–water partition coefficient (Wildman–Crippen LogP) is 7.00. The Morgan fingerprint density at radius 1 is 1.03 bits per heavy atom. The van der Waals surface area contributed by atoms with E-state index in [1.807, 2.05) is 24.3 Å². The topological polar surface area (TPSA) is 42.2 Å². The van der Waals surface area contributed by atoms with Crippen LogP contribution in [0.3, 0.4) is 0 Å². The summed E-state index contributed by atoms with van der Waals surface area (Å²) in [5.41, 5.74) is 3.55. The van der Waals surface area contributed by atoms with Gasteiger partial charge in [-0.3, -0.25) is 4.98 Å². The zero-order chi connectivity index (χ0) is 20.5. The molecule has 0 amide bonds. The molecule has 7 heteroatoms. The number of benzene rings is 2. The Morgan fingerprint density at radius 2 is 1.87 bits per heavy atom. The maximum absolute atomic E-state index is 13.4. The molecule has 0 saturated heterocycles. The molecule has 0 N–H and O–H groups in total. The van der Waals surface area contributed by atoms with Crippen LogP contribution >= 0.6 is 22.9 Å². The smallest absolute Gasteiger partial charge is 0.170 e. The van der Waals surface area contributed by atoms with E-state index < -0.39 is 0 Å². The number of anilines is 2. The second-order valence-corrected chi connectivity index (χ2v) is 8.34. The van der Waals surface area contributed by atoms with Crippen LogP contribution in [0.5, 0.6) is 0 Å². The first kappa shape index (κ1) is 19.0. The summed E-state index contributed by atoms with van der Waals surface area (Å²) in [6.45, 7) is 0.786. The fourth-order valence-corrected chi connectivity index (χ4v) is 4.88. The summed E-state index contributed by atoms with van der Waals surface area (Å²) in [5, 5.41) is 9.08. The van der Waals surface area contributed by atoms with E-state index >= 15 is 0 Å².